The van der Waals surface area contributed by atoms with Gasteiger partial charge < -0.3 is 20.1 Å². The van der Waals surface area contributed by atoms with E-state index in [0.29, 0.717) is 0 Å². The number of aromatic nitrogens is 2. The van der Waals surface area contributed by atoms with Crippen molar-refractivity contribution in [2.75, 3.05) is 6.61 Å². The molecule has 0 saturated carbocycles. The number of aliphatic imine (C=N–C) groups is 1. The predicted octanol–water partition coefficient (Wildman–Crippen LogP) is -0.529. The molecule has 1 aromatic heterocycles. The minimum atomic E-state index is -2.81. The highest BCUT2D eigenvalue weighted by molar-refractivity contribution is 6.08. The molecule has 2 aliphatic rings. The maximum absolute atomic E-state index is 14.3. The van der Waals surface area contributed by atoms with Gasteiger partial charge in [0, 0.05) is 12.6 Å². The minimum Gasteiger partial charge on any atom is -0.390 e. The highest BCUT2D eigenvalue weighted by Gasteiger charge is 2.63. The molecule has 9 heteroatoms. The number of Topliss-reactive ketones (excluding diaryl/α,β-unsaturated/α-hetero) is 1. The molecule has 1 saturated heterocycles. The Morgan fingerprint density at radius 1 is 1.62 bits per heavy atom. The fraction of sp³-hybridized carbons (Fsp3) is 0.583. The number of fused-ring (bicyclic) bond motifs is 1. The molecule has 4 atom stereocenters. The minimum absolute atomic E-state index is 0.0896. The molecule has 0 aliphatic carbocycles. The van der Waals surface area contributed by atoms with Crippen molar-refractivity contribution in [3.8, 4) is 0 Å². The number of ketones is 1. The number of alkyl halides is 1. The average Bonchev–Trinajstić information content (AvgIpc) is 2.94. The van der Waals surface area contributed by atoms with E-state index in [4.69, 9.17) is 9.84 Å². The zero-order chi connectivity index (χ0) is 15.4. The van der Waals surface area contributed by atoms with Crippen LogP contribution < -0.4 is 0 Å². The van der Waals surface area contributed by atoms with E-state index in [9.17, 15) is 19.4 Å². The molecule has 21 heavy (non-hydrogen) atoms. The van der Waals surface area contributed by atoms with Crippen LogP contribution in [-0.2, 0) is 4.74 Å². The smallest absolute Gasteiger partial charge is 0.263 e. The standard InChI is InChI=1S/C12H14FN3O5/c1-11(20)9(19)12(13,4-17)21-10(11)16-5-15-7-6(18)2-3-14-8(7)16/h3,5,9-10,17,19-20H,2,4H2,1H3/t9-,10+,11+,12+/m0/s1. The number of nitrogens with zero attached hydrogens (tertiary/aromatic N) is 3. The van der Waals surface area contributed by atoms with Crippen LogP contribution in [0.5, 0.6) is 0 Å². The summed E-state index contributed by atoms with van der Waals surface area (Å²) in [5.41, 5.74) is -1.95. The summed E-state index contributed by atoms with van der Waals surface area (Å²) in [5, 5.41) is 29.2. The van der Waals surface area contributed by atoms with E-state index in [1.807, 2.05) is 0 Å². The highest BCUT2D eigenvalue weighted by atomic mass is 19.2. The third-order valence-corrected chi connectivity index (χ3v) is 3.76. The Morgan fingerprint density at radius 2 is 2.33 bits per heavy atom. The molecular weight excluding hydrogens is 285 g/mol. The van der Waals surface area contributed by atoms with Gasteiger partial charge >= 0.3 is 0 Å². The SMILES string of the molecule is C[C@]1(O)[C@H](n2cnc3c2N=CCC3=O)O[C@](F)(CO)[C@H]1O. The van der Waals surface area contributed by atoms with Crippen LogP contribution in [0.15, 0.2) is 11.3 Å². The molecule has 0 amide bonds. The fourth-order valence-electron chi connectivity index (χ4n) is 2.57. The number of hydrogen-bond donors (Lipinski definition) is 3. The molecule has 114 valence electrons. The Bertz CT molecular complexity index is 628. The zero-order valence-corrected chi connectivity index (χ0v) is 11.1. The summed E-state index contributed by atoms with van der Waals surface area (Å²) in [6.45, 7) is 0.0416. The maximum Gasteiger partial charge on any atom is 0.263 e. The third kappa shape index (κ3) is 1.85. The Labute approximate surface area is 118 Å². The average molecular weight is 299 g/mol. The van der Waals surface area contributed by atoms with Gasteiger partial charge in [-0.3, -0.25) is 9.36 Å². The van der Waals surface area contributed by atoms with Gasteiger partial charge in [-0.1, -0.05) is 0 Å². The first-order valence-electron chi connectivity index (χ1n) is 6.32. The lowest BCUT2D eigenvalue weighted by Gasteiger charge is -2.27. The number of hydrogen-bond acceptors (Lipinski definition) is 7. The van der Waals surface area contributed by atoms with Crippen molar-refractivity contribution in [2.24, 2.45) is 4.99 Å². The van der Waals surface area contributed by atoms with Crippen molar-refractivity contribution < 1.29 is 29.2 Å². The second-order valence-electron chi connectivity index (χ2n) is 5.31. The van der Waals surface area contributed by atoms with Crippen LogP contribution in [0.25, 0.3) is 0 Å². The molecule has 2 aliphatic heterocycles. The van der Waals surface area contributed by atoms with Gasteiger partial charge in [-0.15, -0.1) is 0 Å². The lowest BCUT2D eigenvalue weighted by molar-refractivity contribution is -0.206. The summed E-state index contributed by atoms with van der Waals surface area (Å²) in [6, 6.07) is 0. The van der Waals surface area contributed by atoms with E-state index in [1.165, 1.54) is 24.0 Å². The van der Waals surface area contributed by atoms with Crippen molar-refractivity contribution in [1.82, 2.24) is 9.55 Å². The van der Waals surface area contributed by atoms with E-state index in [2.05, 4.69) is 9.98 Å². The maximum atomic E-state index is 14.3. The Hall–Kier alpha value is -1.68. The molecule has 1 aromatic rings. The molecule has 0 aromatic carbocycles. The first-order chi connectivity index (χ1) is 9.81. The largest absolute Gasteiger partial charge is 0.390 e. The second-order valence-corrected chi connectivity index (χ2v) is 5.31. The summed E-state index contributed by atoms with van der Waals surface area (Å²) in [5.74, 6) is -2.95. The van der Waals surface area contributed by atoms with Gasteiger partial charge in [-0.2, -0.15) is 0 Å². The molecule has 0 unspecified atom stereocenters. The van der Waals surface area contributed by atoms with Crippen LogP contribution in [0, 0.1) is 0 Å². The monoisotopic (exact) mass is 299 g/mol. The van der Waals surface area contributed by atoms with Gasteiger partial charge in [-0.05, 0) is 6.92 Å². The second kappa shape index (κ2) is 4.41. The van der Waals surface area contributed by atoms with Crippen LogP contribution in [0.1, 0.15) is 30.1 Å². The molecule has 1 fully saturated rings. The normalized spacial score (nSPS) is 38.8. The first-order valence-corrected chi connectivity index (χ1v) is 6.32. The molecule has 0 radical (unpaired) electrons. The quantitative estimate of drug-likeness (QED) is 0.676. The van der Waals surface area contributed by atoms with Gasteiger partial charge in [0.05, 0.1) is 6.33 Å². The van der Waals surface area contributed by atoms with Crippen LogP contribution in [-0.4, -0.2) is 61.0 Å². The van der Waals surface area contributed by atoms with Crippen molar-refractivity contribution in [1.29, 1.82) is 0 Å². The number of aliphatic hydroxyl groups excluding tert-OH is 2. The molecule has 3 rings (SSSR count). The molecule has 3 N–H and O–H groups in total. The zero-order valence-electron chi connectivity index (χ0n) is 11.1. The number of ether oxygens (including phenoxy) is 1. The van der Waals surface area contributed by atoms with Crippen molar-refractivity contribution in [2.45, 2.75) is 37.1 Å². The number of halogens is 1. The lowest BCUT2D eigenvalue weighted by atomic mass is 9.95. The number of aliphatic hydroxyl groups is 3. The summed E-state index contributed by atoms with van der Waals surface area (Å²) < 4.78 is 20.4. The van der Waals surface area contributed by atoms with Crippen LogP contribution in [0.2, 0.25) is 0 Å². The Kier molecular flexibility index (Phi) is 2.99. The number of carbonyl (C=O) groups excluding carboxylic acids is 1. The lowest BCUT2D eigenvalue weighted by Crippen LogP contribution is -2.48. The topological polar surface area (TPSA) is 117 Å². The number of rotatable bonds is 2. The van der Waals surface area contributed by atoms with Gasteiger partial charge in [0.15, 0.2) is 23.5 Å². The van der Waals surface area contributed by atoms with E-state index < -0.39 is 30.4 Å². The van der Waals surface area contributed by atoms with Crippen molar-refractivity contribution >= 4 is 17.8 Å². The third-order valence-electron chi connectivity index (χ3n) is 3.76. The summed E-state index contributed by atoms with van der Waals surface area (Å²) in [4.78, 5) is 19.6. The molecule has 8 nitrogen and oxygen atoms in total. The van der Waals surface area contributed by atoms with Crippen LogP contribution >= 0.6 is 0 Å². The van der Waals surface area contributed by atoms with Gasteiger partial charge in [-0.25, -0.2) is 14.4 Å². The Morgan fingerprint density at radius 3 is 2.95 bits per heavy atom. The van der Waals surface area contributed by atoms with E-state index in [0.717, 1.165) is 0 Å². The van der Waals surface area contributed by atoms with Crippen molar-refractivity contribution in [3.63, 3.8) is 0 Å². The molecule has 0 bridgehead atoms. The summed E-state index contributed by atoms with van der Waals surface area (Å²) >= 11 is 0. The number of carbonyl (C=O) groups is 1. The summed E-state index contributed by atoms with van der Waals surface area (Å²) in [7, 11) is 0. The summed E-state index contributed by atoms with van der Waals surface area (Å²) in [6.07, 6.45) is -0.693. The first kappa shape index (κ1) is 14.3. The fourth-order valence-corrected chi connectivity index (χ4v) is 2.57. The van der Waals surface area contributed by atoms with Crippen molar-refractivity contribution in [3.05, 3.63) is 12.0 Å². The Balaban J connectivity index is 2.06. The highest BCUT2D eigenvalue weighted by Crippen LogP contribution is 2.46. The van der Waals surface area contributed by atoms with Crippen LogP contribution in [0.4, 0.5) is 10.2 Å². The van der Waals surface area contributed by atoms with Crippen LogP contribution in [0.3, 0.4) is 0 Å². The molecular formula is C12H14FN3O5. The van der Waals surface area contributed by atoms with E-state index >= 15 is 0 Å². The van der Waals surface area contributed by atoms with Gasteiger partial charge in [0.25, 0.3) is 5.85 Å². The van der Waals surface area contributed by atoms with Gasteiger partial charge in [0.1, 0.15) is 18.3 Å². The predicted molar refractivity (Wildman–Crippen MR) is 67.0 cm³/mol. The van der Waals surface area contributed by atoms with E-state index in [1.54, 1.807) is 0 Å². The van der Waals surface area contributed by atoms with E-state index in [-0.39, 0.29) is 23.7 Å². The molecule has 3 heterocycles. The molecule has 0 spiro atoms. The van der Waals surface area contributed by atoms with Gasteiger partial charge in [0.2, 0.25) is 0 Å². The number of imidazole rings is 1.